The van der Waals surface area contributed by atoms with Gasteiger partial charge in [0.1, 0.15) is 4.87 Å². The molecule has 0 aromatic heterocycles. The van der Waals surface area contributed by atoms with Crippen LogP contribution in [0.2, 0.25) is 0 Å². The Morgan fingerprint density at radius 3 is 2.89 bits per heavy atom. The van der Waals surface area contributed by atoms with Gasteiger partial charge in [0.15, 0.2) is 0 Å². The standard InChI is InChI=1S/C19H24F3N3OS/c1-18(13-5-3-6-14(11-13)19(20,21)22)24-12-16(27-18)17(26)23-9-8-15-7-4-10-25(15)2/h3,5-6,11-12,15,24H,4,7-10H2,1-2H3,(H,23,26). The summed E-state index contributed by atoms with van der Waals surface area (Å²) >= 11 is 1.24. The number of likely N-dealkylation sites (tertiary alicyclic amines) is 1. The summed E-state index contributed by atoms with van der Waals surface area (Å²) in [5, 5.41) is 5.98. The van der Waals surface area contributed by atoms with Crippen LogP contribution < -0.4 is 10.6 Å². The molecule has 148 valence electrons. The van der Waals surface area contributed by atoms with Crippen LogP contribution in [0.1, 0.15) is 37.3 Å². The zero-order valence-corrected chi connectivity index (χ0v) is 16.2. The number of nitrogens with one attached hydrogen (secondary N) is 2. The fourth-order valence-corrected chi connectivity index (χ4v) is 4.60. The number of halogens is 3. The van der Waals surface area contributed by atoms with E-state index in [2.05, 4.69) is 22.6 Å². The van der Waals surface area contributed by atoms with Crippen LogP contribution in [-0.2, 0) is 15.8 Å². The van der Waals surface area contributed by atoms with E-state index in [1.54, 1.807) is 19.2 Å². The Morgan fingerprint density at radius 1 is 1.44 bits per heavy atom. The maximum Gasteiger partial charge on any atom is 0.416 e. The first-order valence-electron chi connectivity index (χ1n) is 9.02. The van der Waals surface area contributed by atoms with Gasteiger partial charge in [-0.15, -0.1) is 0 Å². The minimum Gasteiger partial charge on any atom is -0.372 e. The number of alkyl halides is 3. The number of amides is 1. The Labute approximate surface area is 161 Å². The third-order valence-corrected chi connectivity index (χ3v) is 6.48. The lowest BCUT2D eigenvalue weighted by molar-refractivity contribution is -0.137. The summed E-state index contributed by atoms with van der Waals surface area (Å²) in [6, 6.07) is 5.71. The first-order valence-corrected chi connectivity index (χ1v) is 9.84. The van der Waals surface area contributed by atoms with Crippen molar-refractivity contribution >= 4 is 17.7 Å². The van der Waals surface area contributed by atoms with Crippen LogP contribution in [0, 0.1) is 0 Å². The number of nitrogens with zero attached hydrogens (tertiary/aromatic N) is 1. The van der Waals surface area contributed by atoms with Gasteiger partial charge in [0.25, 0.3) is 5.91 Å². The molecule has 1 aromatic rings. The lowest BCUT2D eigenvalue weighted by Gasteiger charge is -2.26. The van der Waals surface area contributed by atoms with Crippen LogP contribution in [0.25, 0.3) is 0 Å². The summed E-state index contributed by atoms with van der Waals surface area (Å²) in [5.41, 5.74) is -0.212. The molecule has 0 aliphatic carbocycles. The van der Waals surface area contributed by atoms with Crippen molar-refractivity contribution in [3.8, 4) is 0 Å². The normalized spacial score (nSPS) is 26.0. The molecule has 0 saturated carbocycles. The van der Waals surface area contributed by atoms with Crippen LogP contribution in [0.3, 0.4) is 0 Å². The second-order valence-corrected chi connectivity index (χ2v) is 8.65. The number of benzene rings is 1. The van der Waals surface area contributed by atoms with Crippen molar-refractivity contribution in [2.24, 2.45) is 0 Å². The Balaban J connectivity index is 1.57. The highest BCUT2D eigenvalue weighted by Gasteiger charge is 2.37. The summed E-state index contributed by atoms with van der Waals surface area (Å²) in [6.07, 6.45) is 0.436. The van der Waals surface area contributed by atoms with Crippen molar-refractivity contribution in [1.82, 2.24) is 15.5 Å². The predicted molar refractivity (Wildman–Crippen MR) is 101 cm³/mol. The van der Waals surface area contributed by atoms with Gasteiger partial charge in [0.2, 0.25) is 0 Å². The van der Waals surface area contributed by atoms with Gasteiger partial charge in [0.05, 0.1) is 10.5 Å². The van der Waals surface area contributed by atoms with Crippen LogP contribution in [0.4, 0.5) is 13.2 Å². The maximum atomic E-state index is 13.0. The molecule has 0 radical (unpaired) electrons. The Hall–Kier alpha value is -1.67. The molecule has 2 aliphatic rings. The number of rotatable bonds is 5. The third kappa shape index (κ3) is 4.60. The third-order valence-electron chi connectivity index (χ3n) is 5.19. The predicted octanol–water partition coefficient (Wildman–Crippen LogP) is 3.66. The molecule has 2 N–H and O–H groups in total. The van der Waals surface area contributed by atoms with E-state index in [4.69, 9.17) is 0 Å². The lowest BCUT2D eigenvalue weighted by atomic mass is 10.0. The fourth-order valence-electron chi connectivity index (χ4n) is 3.51. The molecule has 2 atom stereocenters. The van der Waals surface area contributed by atoms with Gasteiger partial charge in [-0.3, -0.25) is 4.79 Å². The minimum absolute atomic E-state index is 0.191. The molecule has 4 nitrogen and oxygen atoms in total. The van der Waals surface area contributed by atoms with E-state index in [9.17, 15) is 18.0 Å². The first-order chi connectivity index (χ1) is 12.7. The Kier molecular flexibility index (Phi) is 5.76. The molecule has 8 heteroatoms. The largest absolute Gasteiger partial charge is 0.416 e. The Bertz CT molecular complexity index is 737. The quantitative estimate of drug-likeness (QED) is 0.793. The summed E-state index contributed by atoms with van der Waals surface area (Å²) in [5.74, 6) is -0.191. The molecule has 1 amide bonds. The van der Waals surface area contributed by atoms with Gasteiger partial charge in [-0.25, -0.2) is 0 Å². The minimum atomic E-state index is -4.39. The van der Waals surface area contributed by atoms with Crippen LogP contribution >= 0.6 is 11.8 Å². The molecule has 1 fully saturated rings. The van der Waals surface area contributed by atoms with Gasteiger partial charge in [-0.2, -0.15) is 13.2 Å². The van der Waals surface area contributed by atoms with E-state index in [0.29, 0.717) is 23.1 Å². The maximum absolute atomic E-state index is 13.0. The summed E-state index contributed by atoms with van der Waals surface area (Å²) in [4.78, 5) is 14.4. The molecule has 3 rings (SSSR count). The summed E-state index contributed by atoms with van der Waals surface area (Å²) < 4.78 is 38.9. The highest BCUT2D eigenvalue weighted by Crippen LogP contribution is 2.44. The van der Waals surface area contributed by atoms with Crippen LogP contribution in [0.15, 0.2) is 35.4 Å². The van der Waals surface area contributed by atoms with Gasteiger partial charge >= 0.3 is 6.18 Å². The second kappa shape index (κ2) is 7.75. The molecule has 2 aliphatic heterocycles. The highest BCUT2D eigenvalue weighted by molar-refractivity contribution is 8.05. The number of hydrogen-bond acceptors (Lipinski definition) is 4. The molecular formula is C19H24F3N3OS. The molecule has 1 aromatic carbocycles. The molecular weight excluding hydrogens is 375 g/mol. The van der Waals surface area contributed by atoms with Crippen molar-refractivity contribution in [1.29, 1.82) is 0 Å². The van der Waals surface area contributed by atoms with Crippen molar-refractivity contribution in [2.75, 3.05) is 20.1 Å². The topological polar surface area (TPSA) is 44.4 Å². The number of hydrogen-bond donors (Lipinski definition) is 2. The van der Waals surface area contributed by atoms with Crippen molar-refractivity contribution in [2.45, 2.75) is 43.3 Å². The van der Waals surface area contributed by atoms with Crippen molar-refractivity contribution < 1.29 is 18.0 Å². The molecule has 2 unspecified atom stereocenters. The Morgan fingerprint density at radius 2 is 2.22 bits per heavy atom. The van der Waals surface area contributed by atoms with Crippen molar-refractivity contribution in [3.63, 3.8) is 0 Å². The van der Waals surface area contributed by atoms with E-state index in [1.165, 1.54) is 24.2 Å². The fraction of sp³-hybridized carbons (Fsp3) is 0.526. The van der Waals surface area contributed by atoms with Gasteiger partial charge < -0.3 is 15.5 Å². The zero-order chi connectivity index (χ0) is 19.7. The molecule has 27 heavy (non-hydrogen) atoms. The zero-order valence-electron chi connectivity index (χ0n) is 15.4. The van der Waals surface area contributed by atoms with Crippen LogP contribution in [0.5, 0.6) is 0 Å². The van der Waals surface area contributed by atoms with E-state index in [-0.39, 0.29) is 5.91 Å². The average molecular weight is 399 g/mol. The average Bonchev–Trinajstić information content (AvgIpc) is 3.21. The number of carbonyl (C=O) groups is 1. The van der Waals surface area contributed by atoms with E-state index in [1.807, 2.05) is 0 Å². The summed E-state index contributed by atoms with van der Waals surface area (Å²) in [6.45, 7) is 3.46. The molecule has 0 spiro atoms. The van der Waals surface area contributed by atoms with Gasteiger partial charge in [-0.1, -0.05) is 23.9 Å². The lowest BCUT2D eigenvalue weighted by Crippen LogP contribution is -2.32. The molecule has 1 saturated heterocycles. The summed E-state index contributed by atoms with van der Waals surface area (Å²) in [7, 11) is 2.10. The van der Waals surface area contributed by atoms with E-state index in [0.717, 1.165) is 31.5 Å². The first kappa shape index (κ1) is 20.1. The molecule has 0 bridgehead atoms. The highest BCUT2D eigenvalue weighted by atomic mass is 32.2. The number of carbonyl (C=O) groups excluding carboxylic acids is 1. The van der Waals surface area contributed by atoms with E-state index < -0.39 is 16.6 Å². The van der Waals surface area contributed by atoms with Crippen molar-refractivity contribution in [3.05, 3.63) is 46.5 Å². The smallest absolute Gasteiger partial charge is 0.372 e. The molecule has 2 heterocycles. The van der Waals surface area contributed by atoms with Gasteiger partial charge in [0, 0.05) is 18.8 Å². The van der Waals surface area contributed by atoms with Crippen LogP contribution in [-0.4, -0.2) is 37.0 Å². The number of thioether (sulfide) groups is 1. The van der Waals surface area contributed by atoms with Gasteiger partial charge in [-0.05, 0) is 57.5 Å². The second-order valence-electron chi connectivity index (χ2n) is 7.19. The van der Waals surface area contributed by atoms with E-state index >= 15 is 0 Å². The SMILES string of the molecule is CN1CCCC1CCNC(=O)C1=CNC(C)(c2cccc(C(F)(F)F)c2)S1. The monoisotopic (exact) mass is 399 g/mol.